The normalized spacial score (nSPS) is 12.4. The van der Waals surface area contributed by atoms with Crippen molar-refractivity contribution in [3.8, 4) is 0 Å². The van der Waals surface area contributed by atoms with Crippen LogP contribution in [0.2, 0.25) is 0 Å². The Balaban J connectivity index is 2.23. The minimum atomic E-state index is -0.393. The predicted molar refractivity (Wildman–Crippen MR) is 87.5 cm³/mol. The molecule has 5 heteroatoms. The van der Waals surface area contributed by atoms with Gasteiger partial charge in [-0.25, -0.2) is 3.96 Å². The summed E-state index contributed by atoms with van der Waals surface area (Å²) in [6.45, 7) is 0. The molecule has 0 saturated heterocycles. The molecule has 0 amide bonds. The molecular formula is C15H12N2OS2. The molecule has 20 heavy (non-hydrogen) atoms. The molecule has 3 rings (SSSR count). The van der Waals surface area contributed by atoms with Crippen molar-refractivity contribution in [3.05, 3.63) is 70.5 Å². The van der Waals surface area contributed by atoms with Crippen LogP contribution in [0.3, 0.4) is 0 Å². The Morgan fingerprint density at radius 1 is 1.10 bits per heavy atom. The second-order valence-electron chi connectivity index (χ2n) is 4.43. The number of hydrogen-bond donors (Lipinski definition) is 1. The fourth-order valence-corrected chi connectivity index (χ4v) is 3.64. The predicted octanol–water partition coefficient (Wildman–Crippen LogP) is 2.94. The topological polar surface area (TPSA) is 48.0 Å². The lowest BCUT2D eigenvalue weighted by atomic mass is 10.1. The first-order valence-corrected chi connectivity index (χ1v) is 7.31. The second-order valence-corrected chi connectivity index (χ2v) is 5.92. The highest BCUT2D eigenvalue weighted by Gasteiger charge is 2.21. The molecular weight excluding hydrogens is 288 g/mol. The zero-order chi connectivity index (χ0) is 14.1. The molecule has 1 atom stereocenters. The second kappa shape index (κ2) is 5.19. The molecule has 0 spiro atoms. The van der Waals surface area contributed by atoms with E-state index in [1.807, 2.05) is 54.6 Å². The maximum absolute atomic E-state index is 12.5. The molecule has 0 fully saturated rings. The van der Waals surface area contributed by atoms with Crippen LogP contribution in [0.5, 0.6) is 0 Å². The summed E-state index contributed by atoms with van der Waals surface area (Å²) < 4.78 is 2.59. The van der Waals surface area contributed by atoms with Gasteiger partial charge in [-0.3, -0.25) is 4.79 Å². The quantitative estimate of drug-likeness (QED) is 0.757. The summed E-state index contributed by atoms with van der Waals surface area (Å²) in [4.78, 5) is 12.8. The van der Waals surface area contributed by atoms with Crippen molar-refractivity contribution in [2.75, 3.05) is 0 Å². The minimum absolute atomic E-state index is 0.0488. The molecule has 0 saturated carbocycles. The smallest absolute Gasteiger partial charge is 0.269 e. The highest BCUT2D eigenvalue weighted by atomic mass is 32.1. The van der Waals surface area contributed by atoms with Crippen molar-refractivity contribution >= 4 is 38.8 Å². The number of nitrogens with two attached hydrogens (primary N) is 1. The molecule has 2 N–H and O–H groups in total. The van der Waals surface area contributed by atoms with E-state index < -0.39 is 6.04 Å². The standard InChI is InChI=1S/C15H12N2OS2/c16-14(19)13(10-6-2-1-3-7-10)17-15(18)11-8-4-5-9-12(11)20-17/h1-9,13H,(H2,16,19). The van der Waals surface area contributed by atoms with Gasteiger partial charge < -0.3 is 5.73 Å². The Labute approximate surface area is 125 Å². The molecule has 3 nitrogen and oxygen atoms in total. The minimum Gasteiger partial charge on any atom is -0.391 e. The van der Waals surface area contributed by atoms with E-state index in [2.05, 4.69) is 0 Å². The first-order valence-electron chi connectivity index (χ1n) is 6.13. The van der Waals surface area contributed by atoms with Crippen LogP contribution in [0.15, 0.2) is 59.4 Å². The van der Waals surface area contributed by atoms with Gasteiger partial charge in [-0.1, -0.05) is 66.2 Å². The lowest BCUT2D eigenvalue weighted by molar-refractivity contribution is 0.785. The van der Waals surface area contributed by atoms with Crippen molar-refractivity contribution in [3.63, 3.8) is 0 Å². The van der Waals surface area contributed by atoms with Crippen molar-refractivity contribution < 1.29 is 0 Å². The molecule has 100 valence electrons. The van der Waals surface area contributed by atoms with Crippen molar-refractivity contribution in [2.45, 2.75) is 6.04 Å². The van der Waals surface area contributed by atoms with E-state index in [-0.39, 0.29) is 5.56 Å². The maximum Gasteiger partial charge on any atom is 0.269 e. The van der Waals surface area contributed by atoms with Gasteiger partial charge in [-0.05, 0) is 17.7 Å². The van der Waals surface area contributed by atoms with E-state index in [1.54, 1.807) is 3.96 Å². The monoisotopic (exact) mass is 300 g/mol. The lowest BCUT2D eigenvalue weighted by Gasteiger charge is -2.15. The number of benzene rings is 2. The fourth-order valence-electron chi connectivity index (χ4n) is 2.21. The van der Waals surface area contributed by atoms with Crippen LogP contribution in [0.1, 0.15) is 11.6 Å². The van der Waals surface area contributed by atoms with Crippen LogP contribution < -0.4 is 11.3 Å². The van der Waals surface area contributed by atoms with Gasteiger partial charge in [0.25, 0.3) is 5.56 Å². The molecule has 1 heterocycles. The summed E-state index contributed by atoms with van der Waals surface area (Å²) in [6, 6.07) is 16.8. The Hall–Kier alpha value is -1.98. The molecule has 1 aromatic heterocycles. The van der Waals surface area contributed by atoms with Gasteiger partial charge in [-0.15, -0.1) is 0 Å². The first kappa shape index (κ1) is 13.0. The van der Waals surface area contributed by atoms with E-state index in [0.717, 1.165) is 10.3 Å². The van der Waals surface area contributed by atoms with E-state index >= 15 is 0 Å². The van der Waals surface area contributed by atoms with Crippen molar-refractivity contribution in [2.24, 2.45) is 5.73 Å². The molecule has 2 aromatic carbocycles. The molecule has 0 aliphatic carbocycles. The molecule has 0 aliphatic heterocycles. The van der Waals surface area contributed by atoms with Gasteiger partial charge in [0.2, 0.25) is 0 Å². The van der Waals surface area contributed by atoms with Crippen LogP contribution in [0.25, 0.3) is 10.1 Å². The first-order chi connectivity index (χ1) is 9.68. The number of nitrogens with zero attached hydrogens (tertiary/aromatic N) is 1. The van der Waals surface area contributed by atoms with E-state index in [0.29, 0.717) is 10.4 Å². The Bertz CT molecular complexity index is 821. The molecule has 0 bridgehead atoms. The highest BCUT2D eigenvalue weighted by molar-refractivity contribution is 7.80. The van der Waals surface area contributed by atoms with E-state index in [1.165, 1.54) is 11.5 Å². The van der Waals surface area contributed by atoms with Crippen LogP contribution >= 0.6 is 23.8 Å². The van der Waals surface area contributed by atoms with Crippen molar-refractivity contribution in [1.29, 1.82) is 0 Å². The average Bonchev–Trinajstić information content (AvgIpc) is 2.78. The van der Waals surface area contributed by atoms with Crippen molar-refractivity contribution in [1.82, 2.24) is 3.96 Å². The summed E-state index contributed by atoms with van der Waals surface area (Å²) in [5, 5.41) is 0.703. The summed E-state index contributed by atoms with van der Waals surface area (Å²) in [6.07, 6.45) is 0. The van der Waals surface area contributed by atoms with Crippen LogP contribution in [-0.4, -0.2) is 8.95 Å². The van der Waals surface area contributed by atoms with Crippen LogP contribution in [0, 0.1) is 0 Å². The summed E-state index contributed by atoms with van der Waals surface area (Å²) in [5.74, 6) is 0. The van der Waals surface area contributed by atoms with E-state index in [4.69, 9.17) is 18.0 Å². The molecule has 0 aliphatic rings. The van der Waals surface area contributed by atoms with Gasteiger partial charge in [0.05, 0.1) is 10.1 Å². The highest BCUT2D eigenvalue weighted by Crippen LogP contribution is 2.24. The Morgan fingerprint density at radius 2 is 1.75 bits per heavy atom. The third kappa shape index (κ3) is 2.15. The molecule has 3 aromatic rings. The molecule has 1 unspecified atom stereocenters. The number of hydrogen-bond acceptors (Lipinski definition) is 3. The summed E-state index contributed by atoms with van der Waals surface area (Å²) in [5.41, 5.74) is 6.75. The van der Waals surface area contributed by atoms with Gasteiger partial charge in [0.15, 0.2) is 0 Å². The van der Waals surface area contributed by atoms with Gasteiger partial charge in [-0.2, -0.15) is 0 Å². The largest absolute Gasteiger partial charge is 0.391 e. The maximum atomic E-state index is 12.5. The Morgan fingerprint density at radius 3 is 2.40 bits per heavy atom. The van der Waals surface area contributed by atoms with Crippen LogP contribution in [-0.2, 0) is 0 Å². The number of rotatable bonds is 3. The third-order valence-electron chi connectivity index (χ3n) is 3.13. The summed E-state index contributed by atoms with van der Waals surface area (Å²) in [7, 11) is 0. The number of aromatic nitrogens is 1. The van der Waals surface area contributed by atoms with Gasteiger partial charge >= 0.3 is 0 Å². The van der Waals surface area contributed by atoms with Gasteiger partial charge in [0.1, 0.15) is 11.0 Å². The Kier molecular flexibility index (Phi) is 3.38. The average molecular weight is 300 g/mol. The lowest BCUT2D eigenvalue weighted by Crippen LogP contribution is -2.30. The number of thiocarbonyl (C=S) groups is 1. The number of fused-ring (bicyclic) bond motifs is 1. The third-order valence-corrected chi connectivity index (χ3v) is 4.48. The fraction of sp³-hybridized carbons (Fsp3) is 0.0667. The summed E-state index contributed by atoms with van der Waals surface area (Å²) >= 11 is 6.56. The zero-order valence-electron chi connectivity index (χ0n) is 10.5. The van der Waals surface area contributed by atoms with E-state index in [9.17, 15) is 4.79 Å². The van der Waals surface area contributed by atoms with Crippen LogP contribution in [0.4, 0.5) is 0 Å². The zero-order valence-corrected chi connectivity index (χ0v) is 12.2. The molecule has 0 radical (unpaired) electrons. The SMILES string of the molecule is NC(=S)C(c1ccccc1)n1sc2ccccc2c1=O. The van der Waals surface area contributed by atoms with Gasteiger partial charge in [0, 0.05) is 0 Å².